The Labute approximate surface area is 98.9 Å². The number of rotatable bonds is 4. The fourth-order valence-electron chi connectivity index (χ4n) is 1.69. The maximum Gasteiger partial charge on any atom is 0.256 e. The summed E-state index contributed by atoms with van der Waals surface area (Å²) in [4.78, 5) is 26.0. The zero-order chi connectivity index (χ0) is 12.4. The van der Waals surface area contributed by atoms with Crippen LogP contribution in [0.3, 0.4) is 0 Å². The lowest BCUT2D eigenvalue weighted by atomic mass is 10.2. The van der Waals surface area contributed by atoms with E-state index in [-0.39, 0.29) is 17.5 Å². The zero-order valence-electron chi connectivity index (χ0n) is 9.69. The van der Waals surface area contributed by atoms with Crippen molar-refractivity contribution in [3.05, 3.63) is 33.7 Å². The quantitative estimate of drug-likeness (QED) is 0.697. The van der Waals surface area contributed by atoms with Gasteiger partial charge in [0, 0.05) is 24.5 Å². The van der Waals surface area contributed by atoms with E-state index in [1.165, 1.54) is 12.3 Å². The van der Waals surface area contributed by atoms with Gasteiger partial charge < -0.3 is 15.4 Å². The van der Waals surface area contributed by atoms with Crippen molar-refractivity contribution in [3.63, 3.8) is 0 Å². The van der Waals surface area contributed by atoms with E-state index in [1.54, 1.807) is 6.92 Å². The molecular formula is C12H16N2O3. The van der Waals surface area contributed by atoms with Crippen LogP contribution in [0.25, 0.3) is 0 Å². The van der Waals surface area contributed by atoms with Crippen molar-refractivity contribution in [1.82, 2.24) is 10.3 Å². The third kappa shape index (κ3) is 2.94. The van der Waals surface area contributed by atoms with Crippen LogP contribution in [-0.2, 0) is 0 Å². The highest BCUT2D eigenvalue weighted by Crippen LogP contribution is 2.32. The van der Waals surface area contributed by atoms with E-state index in [2.05, 4.69) is 10.3 Å². The molecule has 1 heterocycles. The molecule has 0 saturated heterocycles. The molecule has 5 nitrogen and oxygen atoms in total. The molecule has 1 amide bonds. The number of aliphatic hydroxyl groups excluding tert-OH is 1. The van der Waals surface area contributed by atoms with Crippen LogP contribution in [-0.4, -0.2) is 28.6 Å². The van der Waals surface area contributed by atoms with E-state index in [0.29, 0.717) is 11.6 Å². The van der Waals surface area contributed by atoms with Crippen molar-refractivity contribution >= 4 is 5.91 Å². The number of aromatic amines is 1. The van der Waals surface area contributed by atoms with Gasteiger partial charge in [0.05, 0.1) is 6.10 Å². The Bertz CT molecular complexity index is 477. The third-order valence-electron chi connectivity index (χ3n) is 2.94. The van der Waals surface area contributed by atoms with Crippen molar-refractivity contribution in [2.75, 3.05) is 6.54 Å². The van der Waals surface area contributed by atoms with Crippen LogP contribution < -0.4 is 10.7 Å². The van der Waals surface area contributed by atoms with Gasteiger partial charge in [-0.1, -0.05) is 0 Å². The number of H-pyrrole nitrogens is 1. The Morgan fingerprint density at radius 3 is 2.94 bits per heavy atom. The average molecular weight is 236 g/mol. The largest absolute Gasteiger partial charge is 0.391 e. The van der Waals surface area contributed by atoms with Crippen LogP contribution >= 0.6 is 0 Å². The Morgan fingerprint density at radius 2 is 2.35 bits per heavy atom. The lowest BCUT2D eigenvalue weighted by molar-refractivity contribution is 0.0899. The summed E-state index contributed by atoms with van der Waals surface area (Å²) in [6.45, 7) is 1.96. The summed E-state index contributed by atoms with van der Waals surface area (Å²) in [5.74, 6) is -0.127. The number of aryl methyl sites for hydroxylation is 1. The van der Waals surface area contributed by atoms with Crippen molar-refractivity contribution in [1.29, 1.82) is 0 Å². The first kappa shape index (κ1) is 11.9. The van der Waals surface area contributed by atoms with Gasteiger partial charge >= 0.3 is 0 Å². The van der Waals surface area contributed by atoms with Gasteiger partial charge in [0.15, 0.2) is 5.43 Å². The molecular weight excluding hydrogens is 220 g/mol. The van der Waals surface area contributed by atoms with Crippen LogP contribution in [0.5, 0.6) is 0 Å². The normalized spacial score (nSPS) is 16.6. The standard InChI is InChI=1S/C12H16N2O3/c1-7-4-10(15)9(5-13-7)12(17)14-6-11(16)8-2-3-8/h4-5,8,11,16H,2-3,6H2,1H3,(H,13,15)(H,14,17). The molecule has 5 heteroatoms. The van der Waals surface area contributed by atoms with Crippen LogP contribution in [0.2, 0.25) is 0 Å². The highest BCUT2D eigenvalue weighted by molar-refractivity contribution is 5.93. The van der Waals surface area contributed by atoms with E-state index >= 15 is 0 Å². The van der Waals surface area contributed by atoms with Crippen LogP contribution in [0, 0.1) is 12.8 Å². The van der Waals surface area contributed by atoms with Gasteiger partial charge in [0.25, 0.3) is 5.91 Å². The molecule has 1 aliphatic rings. The molecule has 0 aliphatic heterocycles. The second-order valence-electron chi connectivity index (χ2n) is 4.51. The highest BCUT2D eigenvalue weighted by Gasteiger charge is 2.29. The number of carbonyl (C=O) groups excluding carboxylic acids is 1. The van der Waals surface area contributed by atoms with Crippen LogP contribution in [0.4, 0.5) is 0 Å². The van der Waals surface area contributed by atoms with E-state index in [1.807, 2.05) is 0 Å². The number of hydrogen-bond donors (Lipinski definition) is 3. The molecule has 1 saturated carbocycles. The minimum absolute atomic E-state index is 0.0820. The number of aliphatic hydroxyl groups is 1. The number of nitrogens with one attached hydrogen (secondary N) is 2. The first-order chi connectivity index (χ1) is 8.08. The predicted molar refractivity (Wildman–Crippen MR) is 62.9 cm³/mol. The highest BCUT2D eigenvalue weighted by atomic mass is 16.3. The summed E-state index contributed by atoms with van der Waals surface area (Å²) < 4.78 is 0. The molecule has 92 valence electrons. The Hall–Kier alpha value is -1.62. The molecule has 1 aromatic rings. The summed E-state index contributed by atoms with van der Waals surface area (Å²) in [7, 11) is 0. The van der Waals surface area contributed by atoms with Gasteiger partial charge in [-0.3, -0.25) is 9.59 Å². The lowest BCUT2D eigenvalue weighted by Gasteiger charge is -2.10. The lowest BCUT2D eigenvalue weighted by Crippen LogP contribution is -2.35. The first-order valence-corrected chi connectivity index (χ1v) is 5.73. The monoisotopic (exact) mass is 236 g/mol. The summed E-state index contributed by atoms with van der Waals surface area (Å²) in [6.07, 6.45) is 2.93. The molecule has 1 aromatic heterocycles. The van der Waals surface area contributed by atoms with Crippen LogP contribution in [0.15, 0.2) is 17.1 Å². The van der Waals surface area contributed by atoms with Crippen LogP contribution in [0.1, 0.15) is 28.9 Å². The molecule has 1 aliphatic carbocycles. The maximum absolute atomic E-state index is 11.7. The third-order valence-corrected chi connectivity index (χ3v) is 2.94. The van der Waals surface area contributed by atoms with Gasteiger partial charge in [0.1, 0.15) is 5.56 Å². The van der Waals surface area contributed by atoms with Crippen molar-refractivity contribution in [3.8, 4) is 0 Å². The van der Waals surface area contributed by atoms with Crippen molar-refractivity contribution in [2.24, 2.45) is 5.92 Å². The number of pyridine rings is 1. The van der Waals surface area contributed by atoms with Gasteiger partial charge in [-0.15, -0.1) is 0 Å². The maximum atomic E-state index is 11.7. The summed E-state index contributed by atoms with van der Waals surface area (Å²) >= 11 is 0. The smallest absolute Gasteiger partial charge is 0.256 e. The molecule has 0 bridgehead atoms. The molecule has 2 rings (SSSR count). The fraction of sp³-hybridized carbons (Fsp3) is 0.500. The Kier molecular flexibility index (Phi) is 3.28. The van der Waals surface area contributed by atoms with E-state index in [0.717, 1.165) is 12.8 Å². The van der Waals surface area contributed by atoms with Crippen molar-refractivity contribution < 1.29 is 9.90 Å². The predicted octanol–water partition coefficient (Wildman–Crippen LogP) is 0.184. The topological polar surface area (TPSA) is 82.2 Å². The second kappa shape index (κ2) is 4.71. The zero-order valence-corrected chi connectivity index (χ0v) is 9.69. The number of amides is 1. The van der Waals surface area contributed by atoms with Gasteiger partial charge in [-0.05, 0) is 25.7 Å². The number of aromatic nitrogens is 1. The van der Waals surface area contributed by atoms with Gasteiger partial charge in [-0.2, -0.15) is 0 Å². The average Bonchev–Trinajstić information content (AvgIpc) is 3.09. The van der Waals surface area contributed by atoms with E-state index in [9.17, 15) is 14.7 Å². The minimum atomic E-state index is -0.497. The van der Waals surface area contributed by atoms with Gasteiger partial charge in [0.2, 0.25) is 0 Å². The second-order valence-corrected chi connectivity index (χ2v) is 4.51. The molecule has 1 fully saturated rings. The Balaban J connectivity index is 1.96. The molecule has 0 aromatic carbocycles. The number of hydrogen-bond acceptors (Lipinski definition) is 3. The molecule has 17 heavy (non-hydrogen) atoms. The number of carbonyl (C=O) groups is 1. The SMILES string of the molecule is Cc1cc(=O)c(C(=O)NCC(O)C2CC2)c[nH]1. The van der Waals surface area contributed by atoms with Gasteiger partial charge in [-0.25, -0.2) is 0 Å². The van der Waals surface area contributed by atoms with E-state index in [4.69, 9.17) is 0 Å². The molecule has 1 unspecified atom stereocenters. The minimum Gasteiger partial charge on any atom is -0.391 e. The fourth-order valence-corrected chi connectivity index (χ4v) is 1.69. The molecule has 3 N–H and O–H groups in total. The Morgan fingerprint density at radius 1 is 1.65 bits per heavy atom. The van der Waals surface area contributed by atoms with E-state index < -0.39 is 12.0 Å². The van der Waals surface area contributed by atoms with Crippen molar-refractivity contribution in [2.45, 2.75) is 25.9 Å². The summed E-state index contributed by atoms with van der Waals surface area (Å²) in [6, 6.07) is 1.38. The summed E-state index contributed by atoms with van der Waals surface area (Å²) in [5, 5.41) is 12.2. The molecule has 1 atom stereocenters. The molecule has 0 radical (unpaired) electrons. The summed E-state index contributed by atoms with van der Waals surface area (Å²) in [5.41, 5.74) is 0.489. The first-order valence-electron chi connectivity index (χ1n) is 5.73. The molecule has 0 spiro atoms.